The number of aliphatic imine (C=N–C) groups is 1. The highest BCUT2D eigenvalue weighted by Crippen LogP contribution is 2.33. The van der Waals surface area contributed by atoms with Crippen LogP contribution < -0.4 is 10.6 Å². The molecule has 0 unspecified atom stereocenters. The van der Waals surface area contributed by atoms with E-state index in [0.29, 0.717) is 15.2 Å². The quantitative estimate of drug-likeness (QED) is 0.387. The summed E-state index contributed by atoms with van der Waals surface area (Å²) in [5.41, 5.74) is 2.02. The molecule has 2 amide bonds. The third-order valence-corrected chi connectivity index (χ3v) is 8.70. The summed E-state index contributed by atoms with van der Waals surface area (Å²) in [7, 11) is 0. The van der Waals surface area contributed by atoms with Gasteiger partial charge in [-0.3, -0.25) is 9.59 Å². The van der Waals surface area contributed by atoms with Crippen LogP contribution in [-0.4, -0.2) is 51.1 Å². The van der Waals surface area contributed by atoms with Gasteiger partial charge in [-0.15, -0.1) is 0 Å². The molecule has 37 heavy (non-hydrogen) atoms. The minimum Gasteiger partial charge on any atom is -0.347 e. The van der Waals surface area contributed by atoms with E-state index in [2.05, 4.69) is 54.5 Å². The lowest BCUT2D eigenvalue weighted by Crippen LogP contribution is -2.31. The van der Waals surface area contributed by atoms with E-state index in [-0.39, 0.29) is 17.7 Å². The van der Waals surface area contributed by atoms with Gasteiger partial charge in [0.1, 0.15) is 0 Å². The Hall–Kier alpha value is -2.95. The van der Waals surface area contributed by atoms with Crippen molar-refractivity contribution < 1.29 is 9.59 Å². The van der Waals surface area contributed by atoms with E-state index < -0.39 is 0 Å². The van der Waals surface area contributed by atoms with Crippen LogP contribution in [-0.2, 0) is 16.1 Å². The zero-order chi connectivity index (χ0) is 25.2. The summed E-state index contributed by atoms with van der Waals surface area (Å²) >= 11 is 2.67. The van der Waals surface area contributed by atoms with Crippen molar-refractivity contribution in [2.24, 2.45) is 10.9 Å². The Bertz CT molecular complexity index is 1380. The number of thioether (sulfide) groups is 1. The number of piperidine rings is 1. The van der Waals surface area contributed by atoms with Crippen molar-refractivity contribution in [1.82, 2.24) is 19.8 Å². The summed E-state index contributed by atoms with van der Waals surface area (Å²) in [5.74, 6) is -0.0229. The molecule has 0 radical (unpaired) electrons. The van der Waals surface area contributed by atoms with Gasteiger partial charge in [-0.2, -0.15) is 0 Å². The lowest BCUT2D eigenvalue weighted by Gasteiger charge is -2.26. The van der Waals surface area contributed by atoms with E-state index in [4.69, 9.17) is 0 Å². The Kier molecular flexibility index (Phi) is 7.12. The van der Waals surface area contributed by atoms with Gasteiger partial charge in [0.05, 0.1) is 15.5 Å². The molecule has 2 aromatic heterocycles. The molecule has 3 aromatic rings. The maximum absolute atomic E-state index is 12.5. The van der Waals surface area contributed by atoms with Crippen LogP contribution in [0.2, 0.25) is 0 Å². The monoisotopic (exact) mass is 534 g/mol. The Labute approximate surface area is 224 Å². The number of nitrogens with zero attached hydrogens (tertiary/aromatic N) is 4. The molecule has 4 heterocycles. The van der Waals surface area contributed by atoms with Gasteiger partial charge in [0.2, 0.25) is 5.91 Å². The third kappa shape index (κ3) is 5.97. The average molecular weight is 535 g/mol. The molecule has 0 atom stereocenters. The number of amides is 2. The molecule has 10 heteroatoms. The zero-order valence-electron chi connectivity index (χ0n) is 20.6. The summed E-state index contributed by atoms with van der Waals surface area (Å²) < 4.78 is 2.32. The number of carbonyl (C=O) groups is 2. The minimum absolute atomic E-state index is 0.0284. The van der Waals surface area contributed by atoms with Gasteiger partial charge in [-0.25, -0.2) is 9.98 Å². The molecule has 1 saturated carbocycles. The standard InChI is InChI=1S/C27H30N6O2S2/c34-24(18-5-6-18)30-26-28-17-21(36-26)16-23-25(35)31-27(37-23)29-20-7-8-22-19(15-20)9-14-33(22)13-4-12-32-10-2-1-3-11-32/h7-9,14-18H,1-6,10-13H2,(H,28,30,34)(H,29,31,35)/b23-16-. The van der Waals surface area contributed by atoms with Crippen molar-refractivity contribution in [1.29, 1.82) is 0 Å². The molecule has 3 fully saturated rings. The Morgan fingerprint density at radius 1 is 1.19 bits per heavy atom. The lowest BCUT2D eigenvalue weighted by atomic mass is 10.1. The molecule has 1 aliphatic carbocycles. The van der Waals surface area contributed by atoms with Crippen LogP contribution in [0.25, 0.3) is 17.0 Å². The molecule has 8 nitrogen and oxygen atoms in total. The van der Waals surface area contributed by atoms with Gasteiger partial charge in [-0.1, -0.05) is 17.8 Å². The number of thiazole rings is 1. The summed E-state index contributed by atoms with van der Waals surface area (Å²) in [5, 5.41) is 7.98. The van der Waals surface area contributed by atoms with Crippen LogP contribution in [0.5, 0.6) is 0 Å². The number of carbonyl (C=O) groups excluding carboxylic acids is 2. The predicted octanol–water partition coefficient (Wildman–Crippen LogP) is 5.21. The topological polar surface area (TPSA) is 91.6 Å². The first-order valence-corrected chi connectivity index (χ1v) is 14.6. The van der Waals surface area contributed by atoms with Crippen molar-refractivity contribution in [2.45, 2.75) is 45.1 Å². The molecule has 6 rings (SSSR count). The van der Waals surface area contributed by atoms with Gasteiger partial charge >= 0.3 is 0 Å². The molecular formula is C27H30N6O2S2. The number of anilines is 1. The van der Waals surface area contributed by atoms with Crippen LogP contribution in [0.3, 0.4) is 0 Å². The lowest BCUT2D eigenvalue weighted by molar-refractivity contribution is -0.117. The Balaban J connectivity index is 1.08. The third-order valence-electron chi connectivity index (χ3n) is 6.93. The van der Waals surface area contributed by atoms with Crippen LogP contribution in [0.1, 0.15) is 43.4 Å². The van der Waals surface area contributed by atoms with Crippen molar-refractivity contribution in [3.8, 4) is 0 Å². The molecular weight excluding hydrogens is 504 g/mol. The predicted molar refractivity (Wildman–Crippen MR) is 151 cm³/mol. The average Bonchev–Trinajstić information content (AvgIpc) is 3.42. The summed E-state index contributed by atoms with van der Waals surface area (Å²) in [6.45, 7) is 4.66. The summed E-state index contributed by atoms with van der Waals surface area (Å²) in [4.78, 5) is 37.3. The van der Waals surface area contributed by atoms with Gasteiger partial charge < -0.3 is 20.1 Å². The fourth-order valence-corrected chi connectivity index (χ4v) is 6.46. The van der Waals surface area contributed by atoms with Crippen molar-refractivity contribution in [2.75, 3.05) is 25.0 Å². The number of fused-ring (bicyclic) bond motifs is 1. The number of likely N-dealkylation sites (tertiary alicyclic amines) is 1. The summed E-state index contributed by atoms with van der Waals surface area (Å²) in [6, 6.07) is 8.32. The Morgan fingerprint density at radius 3 is 2.89 bits per heavy atom. The van der Waals surface area contributed by atoms with Crippen molar-refractivity contribution in [3.63, 3.8) is 0 Å². The van der Waals surface area contributed by atoms with Crippen LogP contribution in [0.15, 0.2) is 46.6 Å². The van der Waals surface area contributed by atoms with Gasteiger partial charge in [0, 0.05) is 35.8 Å². The minimum atomic E-state index is -0.179. The van der Waals surface area contributed by atoms with E-state index >= 15 is 0 Å². The Morgan fingerprint density at radius 2 is 2.05 bits per heavy atom. The van der Waals surface area contributed by atoms with Gasteiger partial charge in [0.25, 0.3) is 5.91 Å². The summed E-state index contributed by atoms with van der Waals surface area (Å²) in [6.07, 6.45) is 12.7. The molecule has 1 aromatic carbocycles. The fraction of sp³-hybridized carbons (Fsp3) is 0.407. The molecule has 0 bridgehead atoms. The first kappa shape index (κ1) is 24.4. The molecule has 3 aliphatic rings. The SMILES string of the molecule is O=C1NC(=Nc2ccc3c(ccn3CCCN3CCCCC3)c2)S/C1=C\c1cnc(NC(=O)C2CC2)s1. The van der Waals surface area contributed by atoms with E-state index in [9.17, 15) is 9.59 Å². The second-order valence-corrected chi connectivity index (χ2v) is 11.9. The second kappa shape index (κ2) is 10.8. The largest absolute Gasteiger partial charge is 0.347 e. The second-order valence-electron chi connectivity index (χ2n) is 9.82. The highest BCUT2D eigenvalue weighted by Gasteiger charge is 2.30. The van der Waals surface area contributed by atoms with Crippen LogP contribution in [0.4, 0.5) is 10.8 Å². The number of aromatic nitrogens is 2. The number of hydrogen-bond donors (Lipinski definition) is 2. The van der Waals surface area contributed by atoms with E-state index in [1.807, 2.05) is 6.07 Å². The van der Waals surface area contributed by atoms with E-state index in [1.165, 1.54) is 61.0 Å². The van der Waals surface area contributed by atoms with E-state index in [0.717, 1.165) is 48.3 Å². The first-order valence-electron chi connectivity index (χ1n) is 13.0. The van der Waals surface area contributed by atoms with Crippen molar-refractivity contribution in [3.05, 3.63) is 46.4 Å². The smallest absolute Gasteiger partial charge is 0.264 e. The normalized spacial score (nSPS) is 20.7. The number of benzene rings is 1. The van der Waals surface area contributed by atoms with Gasteiger partial charge in [0.15, 0.2) is 10.3 Å². The highest BCUT2D eigenvalue weighted by molar-refractivity contribution is 8.18. The fourth-order valence-electron chi connectivity index (χ4n) is 4.79. The maximum atomic E-state index is 12.5. The number of amidine groups is 1. The highest BCUT2D eigenvalue weighted by atomic mass is 32.2. The van der Waals surface area contributed by atoms with Crippen molar-refractivity contribution >= 4 is 67.9 Å². The first-order chi connectivity index (χ1) is 18.1. The maximum Gasteiger partial charge on any atom is 0.264 e. The number of hydrogen-bond acceptors (Lipinski definition) is 7. The molecule has 2 aliphatic heterocycles. The molecule has 2 N–H and O–H groups in total. The number of rotatable bonds is 8. The van der Waals surface area contributed by atoms with Gasteiger partial charge in [-0.05, 0) is 93.8 Å². The van der Waals surface area contributed by atoms with Crippen LogP contribution in [0, 0.1) is 5.92 Å². The molecule has 2 saturated heterocycles. The van der Waals surface area contributed by atoms with Crippen LogP contribution >= 0.6 is 23.1 Å². The number of nitrogens with one attached hydrogen (secondary N) is 2. The number of aryl methyl sites for hydroxylation is 1. The molecule has 192 valence electrons. The van der Waals surface area contributed by atoms with E-state index in [1.54, 1.807) is 12.3 Å². The molecule has 0 spiro atoms. The zero-order valence-corrected chi connectivity index (χ0v) is 22.2.